The molecule has 0 saturated heterocycles. The molecule has 3 aromatic rings. The number of hydrogen-bond acceptors (Lipinski definition) is 4. The van der Waals surface area contributed by atoms with Gasteiger partial charge >= 0.3 is 0 Å². The Morgan fingerprint density at radius 2 is 2.04 bits per heavy atom. The molecule has 0 spiro atoms. The molecule has 1 aromatic carbocycles. The van der Waals surface area contributed by atoms with Gasteiger partial charge in [0.25, 0.3) is 5.91 Å². The molecular weight excluding hydrogens is 316 g/mol. The maximum Gasteiger partial charge on any atom is 0.261 e. The van der Waals surface area contributed by atoms with Crippen molar-refractivity contribution in [3.63, 3.8) is 0 Å². The number of pyridine rings is 1. The van der Waals surface area contributed by atoms with Gasteiger partial charge in [-0.25, -0.2) is 0 Å². The Morgan fingerprint density at radius 1 is 1.24 bits per heavy atom. The number of amides is 1. The van der Waals surface area contributed by atoms with Gasteiger partial charge in [-0.3, -0.25) is 14.5 Å². The van der Waals surface area contributed by atoms with Crippen molar-refractivity contribution in [1.29, 1.82) is 0 Å². The number of hydrogen-bond donors (Lipinski definition) is 1. The third-order valence-electron chi connectivity index (χ3n) is 3.75. The Morgan fingerprint density at radius 3 is 2.76 bits per heavy atom. The average Bonchev–Trinajstić information content (AvgIpc) is 3.07. The Labute approximate surface area is 146 Å². The summed E-state index contributed by atoms with van der Waals surface area (Å²) < 4.78 is 7.37. The number of benzene rings is 1. The van der Waals surface area contributed by atoms with Crippen LogP contribution >= 0.6 is 0 Å². The summed E-state index contributed by atoms with van der Waals surface area (Å²) in [5, 5.41) is 7.08. The Kier molecular flexibility index (Phi) is 5.09. The van der Waals surface area contributed by atoms with Crippen molar-refractivity contribution in [2.75, 3.05) is 0 Å². The molecule has 6 nitrogen and oxygen atoms in total. The summed E-state index contributed by atoms with van der Waals surface area (Å²) in [6.45, 7) is 2.10. The zero-order chi connectivity index (χ0) is 17.6. The topological polar surface area (TPSA) is 69.0 Å². The first kappa shape index (κ1) is 16.7. The van der Waals surface area contributed by atoms with Gasteiger partial charge in [0.2, 0.25) is 0 Å². The number of carbonyl (C=O) groups is 1. The fourth-order valence-corrected chi connectivity index (χ4v) is 2.47. The van der Waals surface area contributed by atoms with Gasteiger partial charge in [-0.15, -0.1) is 0 Å². The summed E-state index contributed by atoms with van der Waals surface area (Å²) in [6, 6.07) is 13.1. The second-order valence-corrected chi connectivity index (χ2v) is 5.70. The summed E-state index contributed by atoms with van der Waals surface area (Å²) in [6.07, 6.45) is 4.80. The van der Waals surface area contributed by atoms with Gasteiger partial charge in [-0.1, -0.05) is 24.3 Å². The number of rotatable bonds is 6. The SMILES string of the molecule is CC(Oc1ccccc1)C(=O)NCc1cccnc1-c1cnn(C)c1. The number of aryl methyl sites for hydroxylation is 1. The number of nitrogens with one attached hydrogen (secondary N) is 1. The molecule has 1 atom stereocenters. The highest BCUT2D eigenvalue weighted by atomic mass is 16.5. The van der Waals surface area contributed by atoms with E-state index in [1.54, 1.807) is 24.0 Å². The second kappa shape index (κ2) is 7.61. The van der Waals surface area contributed by atoms with E-state index in [1.165, 1.54) is 0 Å². The van der Waals surface area contributed by atoms with Gasteiger partial charge < -0.3 is 10.1 Å². The minimum Gasteiger partial charge on any atom is -0.481 e. The van der Waals surface area contributed by atoms with Crippen LogP contribution in [0.15, 0.2) is 61.1 Å². The molecule has 25 heavy (non-hydrogen) atoms. The van der Waals surface area contributed by atoms with Crippen LogP contribution in [-0.4, -0.2) is 26.8 Å². The molecule has 128 valence electrons. The minimum atomic E-state index is -0.582. The average molecular weight is 336 g/mol. The highest BCUT2D eigenvalue weighted by Crippen LogP contribution is 2.20. The standard InChI is InChI=1S/C19H20N4O2/c1-14(25-17-8-4-3-5-9-17)19(24)21-11-15-7-6-10-20-18(15)16-12-22-23(2)13-16/h3-10,12-14H,11H2,1-2H3,(H,21,24). The van der Waals surface area contributed by atoms with E-state index < -0.39 is 6.10 Å². The van der Waals surface area contributed by atoms with Gasteiger partial charge in [-0.2, -0.15) is 5.10 Å². The molecule has 0 aliphatic heterocycles. The Hall–Kier alpha value is -3.15. The lowest BCUT2D eigenvalue weighted by atomic mass is 10.1. The van der Waals surface area contributed by atoms with Crippen LogP contribution in [0.1, 0.15) is 12.5 Å². The molecule has 0 radical (unpaired) electrons. The summed E-state index contributed by atoms with van der Waals surface area (Å²) >= 11 is 0. The number of ether oxygens (including phenoxy) is 1. The van der Waals surface area contributed by atoms with Crippen LogP contribution in [0.25, 0.3) is 11.3 Å². The molecule has 0 saturated carbocycles. The lowest BCUT2D eigenvalue weighted by molar-refractivity contribution is -0.127. The smallest absolute Gasteiger partial charge is 0.261 e. The van der Waals surface area contributed by atoms with Gasteiger partial charge in [0.05, 0.1) is 11.9 Å². The van der Waals surface area contributed by atoms with Gasteiger partial charge in [0.1, 0.15) is 5.75 Å². The molecule has 1 amide bonds. The fourth-order valence-electron chi connectivity index (χ4n) is 2.47. The third-order valence-corrected chi connectivity index (χ3v) is 3.75. The molecule has 0 fully saturated rings. The molecule has 2 heterocycles. The van der Waals surface area contributed by atoms with Crippen molar-refractivity contribution in [1.82, 2.24) is 20.1 Å². The van der Waals surface area contributed by atoms with Gasteiger partial charge in [0, 0.05) is 31.5 Å². The molecule has 6 heteroatoms. The van der Waals surface area contributed by atoms with Crippen molar-refractivity contribution in [3.05, 3.63) is 66.6 Å². The Balaban J connectivity index is 1.64. The fraction of sp³-hybridized carbons (Fsp3) is 0.211. The van der Waals surface area contributed by atoms with Crippen LogP contribution in [0.2, 0.25) is 0 Å². The van der Waals surface area contributed by atoms with E-state index >= 15 is 0 Å². The van der Waals surface area contributed by atoms with Crippen molar-refractivity contribution in [2.45, 2.75) is 19.6 Å². The van der Waals surface area contributed by atoms with Crippen LogP contribution < -0.4 is 10.1 Å². The first-order valence-corrected chi connectivity index (χ1v) is 8.06. The summed E-state index contributed by atoms with van der Waals surface area (Å²) in [5.74, 6) is 0.493. The van der Waals surface area contributed by atoms with Gasteiger partial charge in [-0.05, 0) is 30.7 Å². The predicted octanol–water partition coefficient (Wildman–Crippen LogP) is 2.57. The molecule has 2 aromatic heterocycles. The first-order chi connectivity index (χ1) is 12.1. The molecule has 1 N–H and O–H groups in total. The van der Waals surface area contributed by atoms with E-state index in [1.807, 2.05) is 55.7 Å². The van der Waals surface area contributed by atoms with Crippen molar-refractivity contribution >= 4 is 5.91 Å². The molecule has 1 unspecified atom stereocenters. The minimum absolute atomic E-state index is 0.176. The quantitative estimate of drug-likeness (QED) is 0.751. The van der Waals surface area contributed by atoms with E-state index in [0.29, 0.717) is 12.3 Å². The zero-order valence-corrected chi connectivity index (χ0v) is 14.2. The lowest BCUT2D eigenvalue weighted by Crippen LogP contribution is -2.36. The van der Waals surface area contributed by atoms with Crippen LogP contribution in [0, 0.1) is 0 Å². The van der Waals surface area contributed by atoms with Gasteiger partial charge in [0.15, 0.2) is 6.10 Å². The highest BCUT2D eigenvalue weighted by Gasteiger charge is 2.15. The summed E-state index contributed by atoms with van der Waals surface area (Å²) in [4.78, 5) is 16.7. The van der Waals surface area contributed by atoms with E-state index in [2.05, 4.69) is 15.4 Å². The van der Waals surface area contributed by atoms with E-state index in [-0.39, 0.29) is 5.91 Å². The van der Waals surface area contributed by atoms with Crippen LogP contribution in [-0.2, 0) is 18.4 Å². The number of aromatic nitrogens is 3. The third kappa shape index (κ3) is 4.23. The molecule has 3 rings (SSSR count). The lowest BCUT2D eigenvalue weighted by Gasteiger charge is -2.15. The normalized spacial score (nSPS) is 11.8. The summed E-state index contributed by atoms with van der Waals surface area (Å²) in [5.41, 5.74) is 2.66. The molecule has 0 bridgehead atoms. The zero-order valence-electron chi connectivity index (χ0n) is 14.2. The number of para-hydroxylation sites is 1. The van der Waals surface area contributed by atoms with Crippen molar-refractivity contribution in [3.8, 4) is 17.0 Å². The Bertz CT molecular complexity index is 845. The number of nitrogens with zero attached hydrogens (tertiary/aromatic N) is 3. The van der Waals surface area contributed by atoms with Crippen LogP contribution in [0.5, 0.6) is 5.75 Å². The van der Waals surface area contributed by atoms with E-state index in [0.717, 1.165) is 16.8 Å². The maximum absolute atomic E-state index is 12.3. The molecular formula is C19H20N4O2. The van der Waals surface area contributed by atoms with Crippen molar-refractivity contribution < 1.29 is 9.53 Å². The number of carbonyl (C=O) groups excluding carboxylic acids is 1. The highest BCUT2D eigenvalue weighted by molar-refractivity contribution is 5.80. The largest absolute Gasteiger partial charge is 0.481 e. The first-order valence-electron chi connectivity index (χ1n) is 8.06. The van der Waals surface area contributed by atoms with E-state index in [9.17, 15) is 4.79 Å². The second-order valence-electron chi connectivity index (χ2n) is 5.70. The predicted molar refractivity (Wildman–Crippen MR) is 94.8 cm³/mol. The van der Waals surface area contributed by atoms with E-state index in [4.69, 9.17) is 4.74 Å². The molecule has 0 aliphatic rings. The van der Waals surface area contributed by atoms with Crippen LogP contribution in [0.4, 0.5) is 0 Å². The monoisotopic (exact) mass is 336 g/mol. The maximum atomic E-state index is 12.3. The van der Waals surface area contributed by atoms with Crippen molar-refractivity contribution in [2.24, 2.45) is 7.05 Å². The molecule has 0 aliphatic carbocycles. The summed E-state index contributed by atoms with van der Waals surface area (Å²) in [7, 11) is 1.86. The van der Waals surface area contributed by atoms with Crippen LogP contribution in [0.3, 0.4) is 0 Å².